The molecule has 348 valence electrons. The van der Waals surface area contributed by atoms with Gasteiger partial charge in [-0.3, -0.25) is 33.6 Å². The van der Waals surface area contributed by atoms with Crippen LogP contribution in [0.25, 0.3) is 0 Å². The van der Waals surface area contributed by atoms with Crippen molar-refractivity contribution in [3.05, 3.63) is 0 Å². The summed E-state index contributed by atoms with van der Waals surface area (Å²) in [6.45, 7) is 3.35. The van der Waals surface area contributed by atoms with E-state index in [1.54, 1.807) is 6.92 Å². The molecule has 0 bridgehead atoms. The van der Waals surface area contributed by atoms with Crippen LogP contribution in [0.2, 0.25) is 0 Å². The summed E-state index contributed by atoms with van der Waals surface area (Å²) in [6.07, 6.45) is 18.3. The van der Waals surface area contributed by atoms with Gasteiger partial charge >= 0.3 is 17.9 Å². The normalized spacial score (nSPS) is 11.6. The highest BCUT2D eigenvalue weighted by Gasteiger charge is 2.18. The van der Waals surface area contributed by atoms with E-state index in [2.05, 4.69) is 10.6 Å². The molecule has 0 saturated heterocycles. The van der Waals surface area contributed by atoms with Gasteiger partial charge in [-0.05, 0) is 32.1 Å². The van der Waals surface area contributed by atoms with Crippen LogP contribution in [-0.4, -0.2) is 141 Å². The van der Waals surface area contributed by atoms with Gasteiger partial charge in [0.25, 0.3) is 0 Å². The van der Waals surface area contributed by atoms with Crippen LogP contribution in [0.15, 0.2) is 0 Å². The van der Waals surface area contributed by atoms with Crippen molar-refractivity contribution >= 4 is 41.4 Å². The lowest BCUT2D eigenvalue weighted by Crippen LogP contribution is -2.39. The summed E-state index contributed by atoms with van der Waals surface area (Å²) in [5, 5.41) is 32.2. The molecule has 60 heavy (non-hydrogen) atoms. The number of ketones is 1. The number of unbranched alkanes of at least 4 members (excludes halogenated alkanes) is 14. The minimum absolute atomic E-state index is 0.0188. The smallest absolute Gasteiger partial charge is 0.323 e. The molecule has 5 N–H and O–H groups in total. The molecule has 0 aliphatic carbocycles. The molecule has 0 rings (SSSR count). The molecule has 0 aliphatic rings. The molecular weight excluding hydrogens is 782 g/mol. The lowest BCUT2D eigenvalue weighted by molar-refractivity contribution is -0.145. The van der Waals surface area contributed by atoms with E-state index in [-0.39, 0.29) is 102 Å². The van der Waals surface area contributed by atoms with Crippen LogP contribution in [0.4, 0.5) is 0 Å². The number of aliphatic carboxylic acids is 3. The molecule has 17 nitrogen and oxygen atoms in total. The summed E-state index contributed by atoms with van der Waals surface area (Å²) in [7, 11) is 0. The minimum Gasteiger partial charge on any atom is -0.481 e. The summed E-state index contributed by atoms with van der Waals surface area (Å²) in [5.41, 5.74) is 0. The third-order valence-corrected chi connectivity index (χ3v) is 9.68. The van der Waals surface area contributed by atoms with E-state index >= 15 is 0 Å². The Morgan fingerprint density at radius 2 is 1.00 bits per heavy atom. The highest BCUT2D eigenvalue weighted by Crippen LogP contribution is 2.14. The van der Waals surface area contributed by atoms with E-state index in [1.165, 1.54) is 43.4 Å². The predicted molar refractivity (Wildman–Crippen MR) is 225 cm³/mol. The first-order valence-electron chi connectivity index (χ1n) is 22.2. The SMILES string of the molecule is C[C@@H](CCCCNC(=O)COCCOCCCC(=O)COCCOCCNC(=O)CCN(CC(=O)O)C(=O)CCCCCCCCCCCCCCCCC(=O)O)C(=O)O. The number of carboxylic acids is 3. The molecule has 0 aromatic rings. The van der Waals surface area contributed by atoms with E-state index in [4.69, 9.17) is 29.2 Å². The standard InChI is InChI=1S/C43H77N3O14/c1-36(43(55)56)19-16-17-24-44-39(49)35-60-32-29-57-27-18-20-37(47)34-59-31-30-58-28-25-45-38(48)23-26-46(33-42(53)54)40(50)21-14-12-10-8-6-4-2-3-5-7-9-11-13-15-22-41(51)52/h36H,2-35H2,1H3,(H,44,49)(H,45,48)(H,51,52)(H,53,54)(H,55,56)/t36-/m0/s1. The summed E-state index contributed by atoms with van der Waals surface area (Å²) >= 11 is 0. The molecule has 1 atom stereocenters. The van der Waals surface area contributed by atoms with Crippen LogP contribution in [-0.2, 0) is 52.5 Å². The lowest BCUT2D eigenvalue weighted by atomic mass is 10.0. The van der Waals surface area contributed by atoms with E-state index in [1.807, 2.05) is 0 Å². The largest absolute Gasteiger partial charge is 0.481 e. The van der Waals surface area contributed by atoms with Gasteiger partial charge in [0.05, 0.1) is 39.0 Å². The van der Waals surface area contributed by atoms with E-state index in [0.717, 1.165) is 51.4 Å². The van der Waals surface area contributed by atoms with E-state index < -0.39 is 30.4 Å². The molecule has 0 spiro atoms. The van der Waals surface area contributed by atoms with Crippen molar-refractivity contribution in [2.45, 2.75) is 148 Å². The Hall–Kier alpha value is -3.67. The highest BCUT2D eigenvalue weighted by molar-refractivity contribution is 5.82. The first-order valence-corrected chi connectivity index (χ1v) is 22.2. The topological polar surface area (TPSA) is 244 Å². The first kappa shape index (κ1) is 56.3. The molecule has 0 aliphatic heterocycles. The van der Waals surface area contributed by atoms with E-state index in [0.29, 0.717) is 45.3 Å². The molecule has 0 unspecified atom stereocenters. The van der Waals surface area contributed by atoms with E-state index in [9.17, 15) is 38.7 Å². The second kappa shape index (κ2) is 40.7. The second-order valence-corrected chi connectivity index (χ2v) is 15.2. The van der Waals surface area contributed by atoms with Crippen LogP contribution in [0, 0.1) is 5.92 Å². The number of carbonyl (C=O) groups excluding carboxylic acids is 4. The van der Waals surface area contributed by atoms with Crippen LogP contribution >= 0.6 is 0 Å². The molecule has 0 fully saturated rings. The van der Waals surface area contributed by atoms with Crippen molar-refractivity contribution < 1.29 is 67.8 Å². The first-order chi connectivity index (χ1) is 28.9. The maximum atomic E-state index is 12.7. The molecular formula is C43H77N3O14. The number of nitrogens with one attached hydrogen (secondary N) is 2. The maximum Gasteiger partial charge on any atom is 0.323 e. The number of carboxylic acid groups (broad SMARTS) is 3. The second-order valence-electron chi connectivity index (χ2n) is 15.2. The van der Waals surface area contributed by atoms with Crippen LogP contribution in [0.5, 0.6) is 0 Å². The van der Waals surface area contributed by atoms with Gasteiger partial charge in [0.1, 0.15) is 19.8 Å². The third-order valence-electron chi connectivity index (χ3n) is 9.68. The number of rotatable bonds is 45. The Morgan fingerprint density at radius 1 is 0.483 bits per heavy atom. The fraction of sp³-hybridized carbons (Fsp3) is 0.837. The monoisotopic (exact) mass is 860 g/mol. The zero-order valence-electron chi connectivity index (χ0n) is 36.4. The summed E-state index contributed by atoms with van der Waals surface area (Å²) in [4.78, 5) is 82.6. The number of amides is 3. The average molecular weight is 860 g/mol. The molecule has 0 aromatic carbocycles. The van der Waals surface area contributed by atoms with Crippen molar-refractivity contribution in [3.63, 3.8) is 0 Å². The third kappa shape index (κ3) is 39.8. The van der Waals surface area contributed by atoms with Crippen LogP contribution in [0.1, 0.15) is 148 Å². The van der Waals surface area contributed by atoms with Gasteiger partial charge < -0.3 is 49.8 Å². The molecule has 17 heteroatoms. The fourth-order valence-corrected chi connectivity index (χ4v) is 6.09. The number of Topliss-reactive ketones (excluding diaryl/α,β-unsaturated/α-hetero) is 1. The number of carbonyl (C=O) groups is 7. The lowest BCUT2D eigenvalue weighted by Gasteiger charge is -2.20. The van der Waals surface area contributed by atoms with Crippen molar-refractivity contribution in [3.8, 4) is 0 Å². The molecule has 0 saturated carbocycles. The Morgan fingerprint density at radius 3 is 1.57 bits per heavy atom. The molecule has 0 heterocycles. The summed E-state index contributed by atoms with van der Waals surface area (Å²) in [6, 6.07) is 0. The van der Waals surface area contributed by atoms with Gasteiger partial charge in [0, 0.05) is 51.9 Å². The summed E-state index contributed by atoms with van der Waals surface area (Å²) < 4.78 is 21.5. The number of hydrogen-bond acceptors (Lipinski definition) is 11. The quantitative estimate of drug-likeness (QED) is 0.0497. The Balaban J connectivity index is 3.72. The van der Waals surface area contributed by atoms with Crippen molar-refractivity contribution in [1.29, 1.82) is 0 Å². The van der Waals surface area contributed by atoms with Gasteiger partial charge in [0.15, 0.2) is 5.78 Å². The highest BCUT2D eigenvalue weighted by atomic mass is 16.5. The average Bonchev–Trinajstić information content (AvgIpc) is 3.20. The van der Waals surface area contributed by atoms with Gasteiger partial charge in [-0.2, -0.15) is 0 Å². The number of hydrogen-bond donors (Lipinski definition) is 5. The Bertz CT molecular complexity index is 1170. The fourth-order valence-electron chi connectivity index (χ4n) is 6.09. The van der Waals surface area contributed by atoms with Crippen molar-refractivity contribution in [2.75, 3.05) is 79.0 Å². The molecule has 3 amide bonds. The number of ether oxygens (including phenoxy) is 4. The molecule has 0 aromatic heterocycles. The molecule has 0 radical (unpaired) electrons. The van der Waals surface area contributed by atoms with Gasteiger partial charge in [-0.25, -0.2) is 0 Å². The zero-order chi connectivity index (χ0) is 44.5. The van der Waals surface area contributed by atoms with Gasteiger partial charge in [-0.15, -0.1) is 0 Å². The Labute approximate surface area is 357 Å². The maximum absolute atomic E-state index is 12.7. The van der Waals surface area contributed by atoms with Gasteiger partial charge in [0.2, 0.25) is 17.7 Å². The van der Waals surface area contributed by atoms with Crippen LogP contribution in [0.3, 0.4) is 0 Å². The minimum atomic E-state index is -1.13. The predicted octanol–water partition coefficient (Wildman–Crippen LogP) is 5.16. The zero-order valence-corrected chi connectivity index (χ0v) is 36.4. The van der Waals surface area contributed by atoms with Crippen LogP contribution < -0.4 is 10.6 Å². The Kier molecular flexibility index (Phi) is 38.2. The van der Waals surface area contributed by atoms with Gasteiger partial charge in [-0.1, -0.05) is 90.4 Å². The van der Waals surface area contributed by atoms with Crippen molar-refractivity contribution in [1.82, 2.24) is 15.5 Å². The number of nitrogens with zero attached hydrogens (tertiary/aromatic N) is 1. The summed E-state index contributed by atoms with van der Waals surface area (Å²) in [5.74, 6) is -3.95. The van der Waals surface area contributed by atoms with Crippen molar-refractivity contribution in [2.24, 2.45) is 5.92 Å².